The second kappa shape index (κ2) is 21.4. The Morgan fingerprint density at radius 1 is 0.500 bits per heavy atom. The SMILES string of the molecule is CCCCCCCCCCCCCC.[AlH3].[H-].[Li+]. The van der Waals surface area contributed by atoms with Crippen LogP contribution in [0.1, 0.15) is 92.3 Å². The summed E-state index contributed by atoms with van der Waals surface area (Å²) >= 11 is 0. The molecule has 0 aliphatic rings. The minimum absolute atomic E-state index is 0. The van der Waals surface area contributed by atoms with E-state index in [-0.39, 0.29) is 37.6 Å². The summed E-state index contributed by atoms with van der Waals surface area (Å²) in [6, 6.07) is 0. The molecule has 0 aromatic rings. The van der Waals surface area contributed by atoms with Gasteiger partial charge in [-0.15, -0.1) is 0 Å². The zero-order valence-electron chi connectivity index (χ0n) is 12.5. The molecule has 16 heavy (non-hydrogen) atoms. The van der Waals surface area contributed by atoms with E-state index in [0.29, 0.717) is 0 Å². The second-order valence-corrected chi connectivity index (χ2v) is 4.54. The van der Waals surface area contributed by atoms with Crippen LogP contribution >= 0.6 is 0 Å². The van der Waals surface area contributed by atoms with Gasteiger partial charge in [0.2, 0.25) is 0 Å². The van der Waals surface area contributed by atoms with Crippen molar-refractivity contribution in [1.82, 2.24) is 0 Å². The van der Waals surface area contributed by atoms with Crippen molar-refractivity contribution in [3.8, 4) is 0 Å². The Bertz CT molecular complexity index is 90.2. The van der Waals surface area contributed by atoms with Crippen LogP contribution in [0.4, 0.5) is 0 Å². The molecule has 0 heterocycles. The Morgan fingerprint density at radius 2 is 0.688 bits per heavy atom. The maximum absolute atomic E-state index is 2.29. The molecule has 2 heteroatoms. The fourth-order valence-electron chi connectivity index (χ4n) is 1.91. The van der Waals surface area contributed by atoms with E-state index in [1.807, 2.05) is 0 Å². The molecule has 0 unspecified atom stereocenters. The van der Waals surface area contributed by atoms with Crippen LogP contribution in [0.25, 0.3) is 0 Å². The summed E-state index contributed by atoms with van der Waals surface area (Å²) in [6.45, 7) is 4.57. The summed E-state index contributed by atoms with van der Waals surface area (Å²) in [7, 11) is 0. The molecule has 0 aliphatic carbocycles. The third kappa shape index (κ3) is 20.5. The van der Waals surface area contributed by atoms with E-state index in [4.69, 9.17) is 0 Å². The first-order chi connectivity index (χ1) is 6.91. The molecule has 0 fully saturated rings. The van der Waals surface area contributed by atoms with Crippen molar-refractivity contribution in [1.29, 1.82) is 0 Å². The second-order valence-electron chi connectivity index (χ2n) is 4.54. The van der Waals surface area contributed by atoms with Gasteiger partial charge >= 0.3 is 18.9 Å². The predicted molar refractivity (Wildman–Crippen MR) is 77.8 cm³/mol. The van der Waals surface area contributed by atoms with Gasteiger partial charge in [0, 0.05) is 0 Å². The normalized spacial score (nSPS) is 9.38. The Morgan fingerprint density at radius 3 is 0.875 bits per heavy atom. The van der Waals surface area contributed by atoms with Crippen LogP contribution in [-0.4, -0.2) is 17.4 Å². The van der Waals surface area contributed by atoms with Crippen molar-refractivity contribution in [3.05, 3.63) is 0 Å². The molecule has 0 N–H and O–H groups in total. The van der Waals surface area contributed by atoms with E-state index < -0.39 is 0 Å². The van der Waals surface area contributed by atoms with Crippen molar-refractivity contribution in [3.63, 3.8) is 0 Å². The molecule has 0 atom stereocenters. The predicted octanol–water partition coefficient (Wildman–Crippen LogP) is 1.64. The van der Waals surface area contributed by atoms with Crippen LogP contribution < -0.4 is 18.9 Å². The van der Waals surface area contributed by atoms with E-state index in [1.54, 1.807) is 0 Å². The maximum Gasteiger partial charge on any atom is 1.00 e. The molecule has 0 aromatic heterocycles. The smallest absolute Gasteiger partial charge is 1.00 e. The molecule has 0 saturated carbocycles. The van der Waals surface area contributed by atoms with Crippen LogP contribution in [0.5, 0.6) is 0 Å². The van der Waals surface area contributed by atoms with Gasteiger partial charge in [0.15, 0.2) is 17.4 Å². The first-order valence-electron chi connectivity index (χ1n) is 6.91. The fourth-order valence-corrected chi connectivity index (χ4v) is 1.91. The quantitative estimate of drug-likeness (QED) is 0.378. The molecule has 0 aliphatic heterocycles. The molecule has 0 saturated heterocycles. The minimum atomic E-state index is 0. The summed E-state index contributed by atoms with van der Waals surface area (Å²) in [4.78, 5) is 0. The van der Waals surface area contributed by atoms with E-state index in [0.717, 1.165) is 0 Å². The van der Waals surface area contributed by atoms with E-state index in [9.17, 15) is 0 Å². The van der Waals surface area contributed by atoms with Crippen molar-refractivity contribution in [2.75, 3.05) is 0 Å². The van der Waals surface area contributed by atoms with Crippen LogP contribution in [0.2, 0.25) is 0 Å². The van der Waals surface area contributed by atoms with Crippen LogP contribution in [0, 0.1) is 0 Å². The van der Waals surface area contributed by atoms with E-state index in [2.05, 4.69) is 13.8 Å². The molecule has 0 amide bonds. The van der Waals surface area contributed by atoms with Gasteiger partial charge in [0.05, 0.1) is 0 Å². The Kier molecular flexibility index (Phi) is 29.9. The van der Waals surface area contributed by atoms with E-state index >= 15 is 0 Å². The van der Waals surface area contributed by atoms with Crippen LogP contribution in [-0.2, 0) is 0 Å². The molecular weight excluding hydrogens is 202 g/mol. The topological polar surface area (TPSA) is 0 Å². The number of unbranched alkanes of at least 4 members (excludes halogenated alkanes) is 11. The summed E-state index contributed by atoms with van der Waals surface area (Å²) in [5.41, 5.74) is 0. The van der Waals surface area contributed by atoms with Crippen molar-refractivity contribution < 1.29 is 20.3 Å². The maximum atomic E-state index is 2.29. The fraction of sp³-hybridized carbons (Fsp3) is 1.00. The van der Waals surface area contributed by atoms with Gasteiger partial charge in [-0.25, -0.2) is 0 Å². The molecule has 0 spiro atoms. The average Bonchev–Trinajstić information content (AvgIpc) is 2.21. The van der Waals surface area contributed by atoms with Crippen LogP contribution in [0.3, 0.4) is 0 Å². The zero-order valence-corrected chi connectivity index (χ0v) is 11.5. The Hall–Kier alpha value is 1.13. The molecule has 0 nitrogen and oxygen atoms in total. The average molecular weight is 236 g/mol. The van der Waals surface area contributed by atoms with Gasteiger partial charge in [-0.05, 0) is 0 Å². The first-order valence-corrected chi connectivity index (χ1v) is 6.91. The molecule has 0 radical (unpaired) electrons. The van der Waals surface area contributed by atoms with Crippen molar-refractivity contribution in [2.24, 2.45) is 0 Å². The summed E-state index contributed by atoms with van der Waals surface area (Å²) < 4.78 is 0. The van der Waals surface area contributed by atoms with Gasteiger partial charge in [0.25, 0.3) is 0 Å². The number of hydrogen-bond donors (Lipinski definition) is 0. The van der Waals surface area contributed by atoms with Gasteiger partial charge in [-0.1, -0.05) is 90.9 Å². The number of hydrogen-bond acceptors (Lipinski definition) is 0. The molecule has 0 rings (SSSR count). The Balaban J connectivity index is -0.000000282. The van der Waals surface area contributed by atoms with Gasteiger partial charge in [0.1, 0.15) is 0 Å². The Labute approximate surface area is 128 Å². The van der Waals surface area contributed by atoms with Gasteiger partial charge in [-0.3, -0.25) is 0 Å². The summed E-state index contributed by atoms with van der Waals surface area (Å²) in [5, 5.41) is 0. The molecule has 94 valence electrons. The van der Waals surface area contributed by atoms with Crippen molar-refractivity contribution in [2.45, 2.75) is 90.9 Å². The third-order valence-corrected chi connectivity index (χ3v) is 2.96. The monoisotopic (exact) mass is 236 g/mol. The molecular formula is C14H34AlLi. The summed E-state index contributed by atoms with van der Waals surface area (Å²) in [6.07, 6.45) is 17.4. The standard InChI is InChI=1S/C14H30.Al.Li.4H/c1-3-5-7-9-11-13-14-12-10-8-6-4-2;;;;;;/h3-14H2,1-2H3;;;;;;/q;;+1;;;;-1. The summed E-state index contributed by atoms with van der Waals surface area (Å²) in [5.74, 6) is 0. The largest absolute Gasteiger partial charge is 1.00 e. The van der Waals surface area contributed by atoms with E-state index in [1.165, 1.54) is 77.0 Å². The molecule has 0 aromatic carbocycles. The van der Waals surface area contributed by atoms with Gasteiger partial charge < -0.3 is 1.43 Å². The third-order valence-electron chi connectivity index (χ3n) is 2.96. The van der Waals surface area contributed by atoms with Gasteiger partial charge in [-0.2, -0.15) is 0 Å². The minimum Gasteiger partial charge on any atom is -1.00 e. The first kappa shape index (κ1) is 22.3. The van der Waals surface area contributed by atoms with Crippen molar-refractivity contribution >= 4 is 17.4 Å². The van der Waals surface area contributed by atoms with Crippen LogP contribution in [0.15, 0.2) is 0 Å². The molecule has 0 bridgehead atoms. The zero-order chi connectivity index (χ0) is 10.5. The number of rotatable bonds is 11.